The van der Waals surface area contributed by atoms with E-state index in [-0.39, 0.29) is 23.9 Å². The van der Waals surface area contributed by atoms with Crippen molar-refractivity contribution in [2.75, 3.05) is 59.4 Å². The number of hydrogen-bond donors (Lipinski definition) is 2. The van der Waals surface area contributed by atoms with Crippen LogP contribution in [0.1, 0.15) is 99.9 Å². The summed E-state index contributed by atoms with van der Waals surface area (Å²) in [6.45, 7) is 12.3. The number of likely N-dealkylation sites (N-methyl/N-ethyl adjacent to an activating group) is 1. The summed E-state index contributed by atoms with van der Waals surface area (Å²) in [5, 5.41) is 21.3. The second-order valence-corrected chi connectivity index (χ2v) is 20.4. The van der Waals surface area contributed by atoms with Gasteiger partial charge in [-0.1, -0.05) is 63.4 Å². The van der Waals surface area contributed by atoms with Gasteiger partial charge in [0.05, 0.1) is 54.2 Å². The van der Waals surface area contributed by atoms with E-state index in [1.54, 1.807) is 30.7 Å². The van der Waals surface area contributed by atoms with Crippen LogP contribution in [0.2, 0.25) is 10.0 Å². The van der Waals surface area contributed by atoms with Gasteiger partial charge in [0, 0.05) is 93.4 Å². The maximum atomic E-state index is 12.7. The predicted molar refractivity (Wildman–Crippen MR) is 277 cm³/mol. The molecular weight excluding hydrogens is 995 g/mol. The van der Waals surface area contributed by atoms with Crippen LogP contribution in [0, 0.1) is 0 Å². The predicted octanol–water partition coefficient (Wildman–Crippen LogP) is 9.09. The zero-order valence-electron chi connectivity index (χ0n) is 40.0. The molecule has 0 radical (unpaired) electrons. The Morgan fingerprint density at radius 3 is 1.77 bits per heavy atom. The monoisotopic (exact) mass is 1050 g/mol. The van der Waals surface area contributed by atoms with Crippen molar-refractivity contribution in [1.29, 1.82) is 0 Å². The third kappa shape index (κ3) is 11.4. The molecule has 2 aliphatic heterocycles. The molecule has 2 fully saturated rings. The lowest BCUT2D eigenvalue weighted by molar-refractivity contribution is 0.0117. The smallest absolute Gasteiger partial charge is 0.410 e. The molecule has 4 aliphatic rings. The van der Waals surface area contributed by atoms with Gasteiger partial charge in [-0.05, 0) is 115 Å². The number of aliphatic hydroxyl groups excluding tert-OH is 1. The largest absolute Gasteiger partial charge is 0.477 e. The normalized spacial score (nSPS) is 18.6. The van der Waals surface area contributed by atoms with Crippen molar-refractivity contribution in [1.82, 2.24) is 48.7 Å². The van der Waals surface area contributed by atoms with Crippen LogP contribution in [0.5, 0.6) is 0 Å². The van der Waals surface area contributed by atoms with Gasteiger partial charge in [-0.3, -0.25) is 19.8 Å². The van der Waals surface area contributed by atoms with Crippen LogP contribution >= 0.6 is 39.1 Å². The summed E-state index contributed by atoms with van der Waals surface area (Å²) in [4.78, 5) is 49.3. The molecule has 0 saturated carbocycles. The van der Waals surface area contributed by atoms with E-state index in [9.17, 15) is 14.7 Å². The molecule has 15 nitrogen and oxygen atoms in total. The number of benzene rings is 2. The van der Waals surface area contributed by atoms with E-state index in [1.165, 1.54) is 28.2 Å². The summed E-state index contributed by atoms with van der Waals surface area (Å²) < 4.78 is 9.91. The number of fused-ring (bicyclic) bond motifs is 4. The Hall–Kier alpha value is -5.72. The van der Waals surface area contributed by atoms with E-state index in [0.29, 0.717) is 36.9 Å². The fourth-order valence-electron chi connectivity index (χ4n) is 9.19. The number of hydrogen-bond acceptors (Lipinski definition) is 11. The number of aliphatic hydroxyl groups is 1. The number of nitrogens with zero attached hydrogens (tertiary/aromatic N) is 10. The van der Waals surface area contributed by atoms with E-state index in [1.807, 2.05) is 93.2 Å². The first-order valence-corrected chi connectivity index (χ1v) is 24.6. The Morgan fingerprint density at radius 2 is 1.26 bits per heavy atom. The SMILES string of the molecule is CN1CCN([C@H]2c3ccc(Cl)cc3C(Br)=Cc3cccnc32)CC1.Cn1cncc1C(=O)O.Cn1cncc1C(O)C1=Cc2cccnc2[C@@H](N2CCN(C(=O)OC(C)(C)C)CC2)c2ccc(Cl)cc21. The number of rotatable bonds is 5. The number of ether oxygens (including phenoxy) is 1. The molecule has 0 spiro atoms. The summed E-state index contributed by atoms with van der Waals surface area (Å²) in [7, 11) is 5.68. The first-order chi connectivity index (χ1) is 33.5. The lowest BCUT2D eigenvalue weighted by Crippen LogP contribution is -2.51. The number of carbonyl (C=O) groups excluding carboxylic acids is 1. The number of pyridine rings is 2. The number of carboxylic acid groups (broad SMARTS) is 1. The Balaban J connectivity index is 0.000000169. The fraction of sp³-hybridized carbons (Fsp3) is 0.346. The number of aromatic carboxylic acids is 1. The molecule has 6 heterocycles. The van der Waals surface area contributed by atoms with Gasteiger partial charge in [-0.15, -0.1) is 0 Å². The highest BCUT2D eigenvalue weighted by molar-refractivity contribution is 9.15. The lowest BCUT2D eigenvalue weighted by Gasteiger charge is -2.40. The number of carboxylic acids is 1. The highest BCUT2D eigenvalue weighted by Crippen LogP contribution is 2.45. The summed E-state index contributed by atoms with van der Waals surface area (Å²) in [6, 6.07) is 20.1. The maximum Gasteiger partial charge on any atom is 0.410 e. The molecule has 2 aromatic carbocycles. The van der Waals surface area contributed by atoms with E-state index < -0.39 is 17.7 Å². The van der Waals surface area contributed by atoms with Gasteiger partial charge in [-0.2, -0.15) is 0 Å². The second-order valence-electron chi connectivity index (χ2n) is 18.7. The van der Waals surface area contributed by atoms with Gasteiger partial charge < -0.3 is 33.9 Å². The zero-order valence-corrected chi connectivity index (χ0v) is 43.1. The van der Waals surface area contributed by atoms with Crippen LogP contribution in [-0.2, 0) is 18.8 Å². The molecule has 18 heteroatoms. The van der Waals surface area contributed by atoms with Crippen molar-refractivity contribution >= 4 is 73.4 Å². The van der Waals surface area contributed by atoms with Crippen LogP contribution in [0.15, 0.2) is 98.1 Å². The van der Waals surface area contributed by atoms with Gasteiger partial charge in [0.15, 0.2) is 0 Å². The lowest BCUT2D eigenvalue weighted by atomic mass is 9.91. The molecule has 1 unspecified atom stereocenters. The molecule has 2 N–H and O–H groups in total. The average Bonchev–Trinajstić information content (AvgIpc) is 3.91. The van der Waals surface area contributed by atoms with Gasteiger partial charge >= 0.3 is 12.1 Å². The molecule has 70 heavy (non-hydrogen) atoms. The molecule has 3 atom stereocenters. The molecule has 10 rings (SSSR count). The first kappa shape index (κ1) is 50.7. The van der Waals surface area contributed by atoms with E-state index in [2.05, 4.69) is 65.9 Å². The minimum atomic E-state index is -0.949. The quantitative estimate of drug-likeness (QED) is 0.169. The topological polar surface area (TPSA) is 158 Å². The summed E-state index contributed by atoms with van der Waals surface area (Å²) >= 11 is 16.5. The van der Waals surface area contributed by atoms with Crippen molar-refractivity contribution in [2.24, 2.45) is 14.1 Å². The summed E-state index contributed by atoms with van der Waals surface area (Å²) in [5.74, 6) is -0.949. The number of halogens is 3. The standard InChI is InChI=1S/C28H32ClN5O3.C19H19BrClN3.C5H6N2O2/c1-28(2,3)37-27(36)34-12-10-33(11-13-34)25-20-8-7-19(29)15-21(20)22(14-18-6-5-9-31-24(18)25)26(35)23-16-30-17-32(23)4;1-23-7-9-24(10-8-23)19-15-5-4-14(21)12-16(15)17(20)11-13-3-2-6-22-18(13)19;1-7-3-6-2-4(7)5(8)9/h5-9,14-17,25-26,35H,10-13H2,1-4H3;2-6,11-12,19H,7-10H2,1H3;2-3H,1H3,(H,8,9)/t25-,26?;19-;/m00./s1. The molecule has 2 aliphatic carbocycles. The first-order valence-electron chi connectivity index (χ1n) is 23.0. The van der Waals surface area contributed by atoms with E-state index in [4.69, 9.17) is 43.0 Å². The number of imidazole rings is 2. The van der Waals surface area contributed by atoms with Crippen molar-refractivity contribution in [2.45, 2.75) is 44.6 Å². The van der Waals surface area contributed by atoms with Crippen molar-refractivity contribution in [3.63, 3.8) is 0 Å². The van der Waals surface area contributed by atoms with Crippen LogP contribution in [-0.4, -0.2) is 136 Å². The Kier molecular flexibility index (Phi) is 15.7. The number of aromatic nitrogens is 6. The third-order valence-corrected chi connectivity index (χ3v) is 13.9. The van der Waals surface area contributed by atoms with Crippen LogP contribution < -0.4 is 0 Å². The molecular formula is C52H57BrCl2N10O5. The van der Waals surface area contributed by atoms with Crippen LogP contribution in [0.3, 0.4) is 0 Å². The van der Waals surface area contributed by atoms with E-state index in [0.717, 1.165) is 74.9 Å². The second kappa shape index (κ2) is 21.7. The summed E-state index contributed by atoms with van der Waals surface area (Å²) in [5.41, 5.74) is 9.54. The molecule has 1 amide bonds. The molecule has 0 bridgehead atoms. The summed E-state index contributed by atoms with van der Waals surface area (Å²) in [6.07, 6.45) is 12.8. The number of aryl methyl sites for hydroxylation is 2. The molecule has 6 aromatic rings. The maximum absolute atomic E-state index is 12.7. The molecule has 366 valence electrons. The number of piperazine rings is 2. The Bertz CT molecular complexity index is 2920. The van der Waals surface area contributed by atoms with Crippen LogP contribution in [0.25, 0.3) is 22.2 Å². The van der Waals surface area contributed by atoms with E-state index >= 15 is 0 Å². The zero-order chi connectivity index (χ0) is 49.9. The van der Waals surface area contributed by atoms with Crippen molar-refractivity contribution in [3.05, 3.63) is 164 Å². The van der Waals surface area contributed by atoms with Gasteiger partial charge in [-0.25, -0.2) is 19.6 Å². The minimum absolute atomic E-state index is 0.161. The number of carbonyl (C=O) groups is 2. The van der Waals surface area contributed by atoms with Gasteiger partial charge in [0.1, 0.15) is 17.4 Å². The fourth-order valence-corrected chi connectivity index (χ4v) is 10.1. The van der Waals surface area contributed by atoms with Crippen LogP contribution in [0.4, 0.5) is 4.79 Å². The van der Waals surface area contributed by atoms with Crippen molar-refractivity contribution < 1.29 is 24.5 Å². The Morgan fingerprint density at radius 1 is 0.729 bits per heavy atom. The molecule has 4 aromatic heterocycles. The van der Waals surface area contributed by atoms with Gasteiger partial charge in [0.2, 0.25) is 0 Å². The van der Waals surface area contributed by atoms with Gasteiger partial charge in [0.25, 0.3) is 0 Å². The number of amides is 1. The minimum Gasteiger partial charge on any atom is -0.477 e. The highest BCUT2D eigenvalue weighted by Gasteiger charge is 2.37. The molecule has 2 saturated heterocycles. The van der Waals surface area contributed by atoms with Crippen molar-refractivity contribution in [3.8, 4) is 0 Å². The average molecular weight is 1050 g/mol. The third-order valence-electron chi connectivity index (χ3n) is 12.7. The highest BCUT2D eigenvalue weighted by atomic mass is 79.9. The Labute approximate surface area is 426 Å².